The maximum atomic E-state index is 12.3. The Labute approximate surface area is 124 Å². The van der Waals surface area contributed by atoms with Gasteiger partial charge in [0.25, 0.3) is 0 Å². The number of aryl methyl sites for hydroxylation is 1. The van der Waals surface area contributed by atoms with Crippen LogP contribution in [-0.2, 0) is 4.74 Å². The maximum Gasteiger partial charge on any atom is 0.357 e. The molecule has 1 fully saturated rings. The van der Waals surface area contributed by atoms with Gasteiger partial charge >= 0.3 is 5.97 Å². The summed E-state index contributed by atoms with van der Waals surface area (Å²) in [5.74, 6) is 0.844. The molecule has 0 aliphatic heterocycles. The van der Waals surface area contributed by atoms with Crippen molar-refractivity contribution in [2.24, 2.45) is 0 Å². The fourth-order valence-corrected chi connectivity index (χ4v) is 4.13. The second-order valence-electron chi connectivity index (χ2n) is 6.24. The smallest absolute Gasteiger partial charge is 0.357 e. The van der Waals surface area contributed by atoms with Crippen LogP contribution in [-0.4, -0.2) is 17.6 Å². The van der Waals surface area contributed by atoms with E-state index in [9.17, 15) is 4.79 Å². The third kappa shape index (κ3) is 1.80. The van der Waals surface area contributed by atoms with E-state index in [4.69, 9.17) is 4.74 Å². The Bertz CT molecular complexity index is 750. The van der Waals surface area contributed by atoms with Crippen LogP contribution in [0.15, 0.2) is 18.2 Å². The number of carbonyl (C=O) groups excluding carboxylic acids is 1. The van der Waals surface area contributed by atoms with Crippen molar-refractivity contribution in [1.29, 1.82) is 0 Å². The van der Waals surface area contributed by atoms with Gasteiger partial charge in [-0.15, -0.1) is 0 Å². The number of rotatable bonds is 2. The van der Waals surface area contributed by atoms with Crippen LogP contribution in [0.5, 0.6) is 0 Å². The fourth-order valence-electron chi connectivity index (χ4n) is 4.13. The fraction of sp³-hybridized carbons (Fsp3) is 0.444. The molecule has 2 aliphatic rings. The van der Waals surface area contributed by atoms with Crippen molar-refractivity contribution < 1.29 is 9.53 Å². The average molecular weight is 281 g/mol. The van der Waals surface area contributed by atoms with Crippen molar-refractivity contribution >= 4 is 16.9 Å². The summed E-state index contributed by atoms with van der Waals surface area (Å²) in [5.41, 5.74) is 5.30. The van der Waals surface area contributed by atoms with Crippen LogP contribution in [0.2, 0.25) is 0 Å². The predicted molar refractivity (Wildman–Crippen MR) is 81.8 cm³/mol. The van der Waals surface area contributed by atoms with Gasteiger partial charge in [0.15, 0.2) is 5.69 Å². The van der Waals surface area contributed by atoms with Gasteiger partial charge in [0.1, 0.15) is 0 Å². The molecule has 1 aromatic carbocycles. The Hall–Kier alpha value is -1.90. The van der Waals surface area contributed by atoms with Crippen LogP contribution in [0.25, 0.3) is 10.9 Å². The number of benzene rings is 1. The van der Waals surface area contributed by atoms with Crippen molar-refractivity contribution in [2.75, 3.05) is 6.61 Å². The van der Waals surface area contributed by atoms with E-state index in [-0.39, 0.29) is 5.97 Å². The molecule has 108 valence electrons. The molecule has 2 unspecified atom stereocenters. The number of fused-ring (bicyclic) bond motifs is 7. The highest BCUT2D eigenvalue weighted by molar-refractivity contribution is 5.96. The van der Waals surface area contributed by atoms with Gasteiger partial charge in [0.05, 0.1) is 12.1 Å². The normalized spacial score (nSPS) is 22.6. The molecule has 0 spiro atoms. The first-order valence-electron chi connectivity index (χ1n) is 7.80. The lowest BCUT2D eigenvalue weighted by atomic mass is 9.87. The quantitative estimate of drug-likeness (QED) is 0.778. The molecule has 4 rings (SSSR count). The van der Waals surface area contributed by atoms with Crippen LogP contribution in [0.3, 0.4) is 0 Å². The van der Waals surface area contributed by atoms with E-state index in [0.29, 0.717) is 24.1 Å². The monoisotopic (exact) mass is 281 g/mol. The van der Waals surface area contributed by atoms with Crippen molar-refractivity contribution in [3.63, 3.8) is 0 Å². The van der Waals surface area contributed by atoms with Crippen molar-refractivity contribution in [1.82, 2.24) is 4.98 Å². The van der Waals surface area contributed by atoms with E-state index in [1.165, 1.54) is 41.3 Å². The Balaban J connectivity index is 2.02. The second-order valence-corrected chi connectivity index (χ2v) is 6.24. The molecule has 0 amide bonds. The summed E-state index contributed by atoms with van der Waals surface area (Å²) < 4.78 is 5.23. The topological polar surface area (TPSA) is 39.2 Å². The summed E-state index contributed by atoms with van der Waals surface area (Å²) in [4.78, 5) is 17.0. The van der Waals surface area contributed by atoms with Crippen molar-refractivity contribution in [3.05, 3.63) is 40.6 Å². The Morgan fingerprint density at radius 3 is 2.81 bits per heavy atom. The average Bonchev–Trinajstić information content (AvgIpc) is 3.08. The largest absolute Gasteiger partial charge is 0.461 e. The van der Waals surface area contributed by atoms with Gasteiger partial charge in [-0.25, -0.2) is 9.78 Å². The summed E-state index contributed by atoms with van der Waals surface area (Å²) in [5, 5.41) is 1.24. The van der Waals surface area contributed by atoms with Crippen LogP contribution < -0.4 is 0 Å². The van der Waals surface area contributed by atoms with Crippen LogP contribution >= 0.6 is 0 Å². The summed E-state index contributed by atoms with van der Waals surface area (Å²) in [6.07, 6.45) is 3.60. The van der Waals surface area contributed by atoms with E-state index in [2.05, 4.69) is 24.0 Å². The number of nitrogens with zero attached hydrogens (tertiary/aromatic N) is 1. The molecule has 3 nitrogen and oxygen atoms in total. The van der Waals surface area contributed by atoms with E-state index >= 15 is 0 Å². The molecule has 1 saturated carbocycles. The first kappa shape index (κ1) is 12.8. The van der Waals surface area contributed by atoms with Gasteiger partial charge in [-0.05, 0) is 68.2 Å². The van der Waals surface area contributed by atoms with Crippen LogP contribution in [0, 0.1) is 6.92 Å². The molecule has 3 heteroatoms. The molecule has 2 aliphatic carbocycles. The van der Waals surface area contributed by atoms with Gasteiger partial charge in [-0.2, -0.15) is 0 Å². The molecule has 0 radical (unpaired) electrons. The van der Waals surface area contributed by atoms with Gasteiger partial charge in [0, 0.05) is 5.39 Å². The highest BCUT2D eigenvalue weighted by Gasteiger charge is 2.41. The third-order valence-electron chi connectivity index (χ3n) is 4.94. The number of carbonyl (C=O) groups is 1. The molecule has 2 bridgehead atoms. The van der Waals surface area contributed by atoms with Gasteiger partial charge in [-0.3, -0.25) is 0 Å². The molecular formula is C18H19NO2. The van der Waals surface area contributed by atoms with E-state index in [1.807, 2.05) is 13.0 Å². The van der Waals surface area contributed by atoms with Gasteiger partial charge in [-0.1, -0.05) is 11.6 Å². The van der Waals surface area contributed by atoms with Crippen LogP contribution in [0.1, 0.15) is 65.2 Å². The van der Waals surface area contributed by atoms with Gasteiger partial charge < -0.3 is 4.74 Å². The standard InChI is InChI=1S/C18H19NO2/c1-3-21-18(20)17-16-12-6-5-11(9-12)15(16)13-8-10(2)4-7-14(13)19-17/h4,7-8,11-12H,3,5-6,9H2,1-2H3. The number of esters is 1. The third-order valence-corrected chi connectivity index (χ3v) is 4.94. The highest BCUT2D eigenvalue weighted by atomic mass is 16.5. The highest BCUT2D eigenvalue weighted by Crippen LogP contribution is 2.55. The second kappa shape index (κ2) is 4.55. The number of hydrogen-bond acceptors (Lipinski definition) is 3. The summed E-state index contributed by atoms with van der Waals surface area (Å²) >= 11 is 0. The van der Waals surface area contributed by atoms with E-state index < -0.39 is 0 Å². The molecule has 0 saturated heterocycles. The summed E-state index contributed by atoms with van der Waals surface area (Å²) in [7, 11) is 0. The van der Waals surface area contributed by atoms with Gasteiger partial charge in [0.2, 0.25) is 0 Å². The van der Waals surface area contributed by atoms with Crippen LogP contribution in [0.4, 0.5) is 0 Å². The lowest BCUT2D eigenvalue weighted by Gasteiger charge is -2.20. The maximum absolute atomic E-state index is 12.3. The Kier molecular flexibility index (Phi) is 2.78. The zero-order valence-corrected chi connectivity index (χ0v) is 12.5. The SMILES string of the molecule is CCOC(=O)c1nc2ccc(C)cc2c2c1C1CCC2C1. The molecular weight excluding hydrogens is 262 g/mol. The lowest BCUT2D eigenvalue weighted by molar-refractivity contribution is 0.0518. The summed E-state index contributed by atoms with van der Waals surface area (Å²) in [6, 6.07) is 6.31. The van der Waals surface area contributed by atoms with Crippen molar-refractivity contribution in [3.8, 4) is 0 Å². The minimum absolute atomic E-state index is 0.260. The molecule has 0 N–H and O–H groups in total. The Morgan fingerprint density at radius 2 is 2.05 bits per heavy atom. The number of aromatic nitrogens is 1. The zero-order chi connectivity index (χ0) is 14.6. The van der Waals surface area contributed by atoms with E-state index in [1.54, 1.807) is 0 Å². The molecule has 21 heavy (non-hydrogen) atoms. The molecule has 1 aromatic heterocycles. The zero-order valence-electron chi connectivity index (χ0n) is 12.5. The Morgan fingerprint density at radius 1 is 1.29 bits per heavy atom. The first-order valence-corrected chi connectivity index (χ1v) is 7.80. The number of pyridine rings is 1. The predicted octanol–water partition coefficient (Wildman–Crippen LogP) is 4.08. The molecule has 2 atom stereocenters. The lowest BCUT2D eigenvalue weighted by Crippen LogP contribution is -2.14. The van der Waals surface area contributed by atoms with Crippen molar-refractivity contribution in [2.45, 2.75) is 44.9 Å². The summed E-state index contributed by atoms with van der Waals surface area (Å²) in [6.45, 7) is 4.35. The first-order chi connectivity index (χ1) is 10.2. The number of hydrogen-bond donors (Lipinski definition) is 0. The minimum Gasteiger partial charge on any atom is -0.461 e. The molecule has 2 aromatic rings. The molecule has 1 heterocycles. The minimum atomic E-state index is -0.260. The van der Waals surface area contributed by atoms with E-state index in [0.717, 1.165) is 5.52 Å². The number of ether oxygens (including phenoxy) is 1.